The number of pyridine rings is 1. The van der Waals surface area contributed by atoms with E-state index in [1.165, 1.54) is 13.2 Å². The Morgan fingerprint density at radius 2 is 2.05 bits per heavy atom. The number of hydrogen-bond donors (Lipinski definition) is 1. The molecule has 1 atom stereocenters. The van der Waals surface area contributed by atoms with Gasteiger partial charge in [0.05, 0.1) is 18.5 Å². The molecule has 0 spiro atoms. The van der Waals surface area contributed by atoms with E-state index in [1.54, 1.807) is 18.2 Å². The first kappa shape index (κ1) is 14.6. The second kappa shape index (κ2) is 6.09. The maximum atomic E-state index is 13.4. The molecule has 2 aromatic rings. The Morgan fingerprint density at radius 1 is 1.30 bits per heavy atom. The van der Waals surface area contributed by atoms with Crippen LogP contribution < -0.4 is 10.1 Å². The Labute approximate surface area is 122 Å². The number of methoxy groups -OCH3 is 1. The summed E-state index contributed by atoms with van der Waals surface area (Å²) in [4.78, 5) is 4.19. The molecule has 0 aliphatic carbocycles. The zero-order valence-electron chi connectivity index (χ0n) is 11.6. The molecule has 0 amide bonds. The van der Waals surface area contributed by atoms with Crippen molar-refractivity contribution in [2.24, 2.45) is 0 Å². The van der Waals surface area contributed by atoms with Crippen molar-refractivity contribution in [1.29, 1.82) is 0 Å². The summed E-state index contributed by atoms with van der Waals surface area (Å²) in [5.74, 6) is -0.130. The quantitative estimate of drug-likeness (QED) is 0.851. The lowest BCUT2D eigenvalue weighted by Gasteiger charge is -2.18. The second-order valence-corrected chi connectivity index (χ2v) is 4.91. The number of nitrogens with one attached hydrogen (secondary N) is 1. The molecule has 0 aliphatic rings. The molecular weight excluding hydrogens is 279 g/mol. The molecule has 0 fully saturated rings. The highest BCUT2D eigenvalue weighted by Gasteiger charge is 2.11. The topological polar surface area (TPSA) is 34.1 Å². The van der Waals surface area contributed by atoms with Gasteiger partial charge in [-0.15, -0.1) is 0 Å². The van der Waals surface area contributed by atoms with Crippen molar-refractivity contribution in [1.82, 2.24) is 4.98 Å². The third kappa shape index (κ3) is 3.20. The van der Waals surface area contributed by atoms with Gasteiger partial charge < -0.3 is 10.1 Å². The van der Waals surface area contributed by atoms with E-state index in [0.717, 1.165) is 16.9 Å². The van der Waals surface area contributed by atoms with Crippen molar-refractivity contribution in [3.63, 3.8) is 0 Å². The number of nitrogens with zero attached hydrogens (tertiary/aromatic N) is 1. The number of aromatic nitrogens is 1. The molecule has 1 unspecified atom stereocenters. The summed E-state index contributed by atoms with van der Waals surface area (Å²) in [6.07, 6.45) is 0. The monoisotopic (exact) mass is 294 g/mol. The van der Waals surface area contributed by atoms with E-state index in [0.29, 0.717) is 5.15 Å². The summed E-state index contributed by atoms with van der Waals surface area (Å²) in [6, 6.07) is 8.42. The van der Waals surface area contributed by atoms with E-state index in [-0.39, 0.29) is 17.6 Å². The van der Waals surface area contributed by atoms with E-state index >= 15 is 0 Å². The largest absolute Gasteiger partial charge is 0.494 e. The minimum Gasteiger partial charge on any atom is -0.494 e. The normalized spacial score (nSPS) is 12.1. The molecule has 2 rings (SSSR count). The van der Waals surface area contributed by atoms with Crippen LogP contribution in [0.3, 0.4) is 0 Å². The van der Waals surface area contributed by atoms with Gasteiger partial charge in [-0.3, -0.25) is 0 Å². The molecular formula is C15H16ClFN2O. The Bertz CT molecular complexity index is 619. The number of anilines is 1. The molecule has 0 radical (unpaired) electrons. The maximum Gasteiger partial charge on any atom is 0.165 e. The number of aryl methyl sites for hydroxylation is 1. The summed E-state index contributed by atoms with van der Waals surface area (Å²) < 4.78 is 18.4. The molecule has 20 heavy (non-hydrogen) atoms. The number of rotatable bonds is 4. The maximum absolute atomic E-state index is 13.4. The fraction of sp³-hybridized carbons (Fsp3) is 0.267. The molecule has 0 saturated heterocycles. The van der Waals surface area contributed by atoms with Crippen LogP contribution in [0.1, 0.15) is 24.2 Å². The minimum atomic E-state index is -0.368. The number of ether oxygens (including phenoxy) is 1. The smallest absolute Gasteiger partial charge is 0.165 e. The van der Waals surface area contributed by atoms with E-state index in [2.05, 4.69) is 10.3 Å². The third-order valence-corrected chi connectivity index (χ3v) is 3.31. The molecule has 1 aromatic carbocycles. The molecule has 0 aliphatic heterocycles. The van der Waals surface area contributed by atoms with Crippen LogP contribution in [0.25, 0.3) is 0 Å². The first-order valence-electron chi connectivity index (χ1n) is 6.24. The van der Waals surface area contributed by atoms with Gasteiger partial charge in [0.25, 0.3) is 0 Å². The SMILES string of the molecule is COc1cc(C(C)Nc2ccc(Cl)nc2C)ccc1F. The van der Waals surface area contributed by atoms with Gasteiger partial charge in [-0.1, -0.05) is 17.7 Å². The van der Waals surface area contributed by atoms with Crippen molar-refractivity contribution in [2.75, 3.05) is 12.4 Å². The average molecular weight is 295 g/mol. The van der Waals surface area contributed by atoms with Crippen LogP contribution in [-0.4, -0.2) is 12.1 Å². The Balaban J connectivity index is 2.21. The average Bonchev–Trinajstić information content (AvgIpc) is 2.42. The number of halogens is 2. The fourth-order valence-electron chi connectivity index (χ4n) is 1.95. The van der Waals surface area contributed by atoms with Crippen LogP contribution in [0.4, 0.5) is 10.1 Å². The Kier molecular flexibility index (Phi) is 4.45. The van der Waals surface area contributed by atoms with Crippen LogP contribution >= 0.6 is 11.6 Å². The van der Waals surface area contributed by atoms with Gasteiger partial charge in [-0.25, -0.2) is 9.37 Å². The Morgan fingerprint density at radius 3 is 2.70 bits per heavy atom. The van der Waals surface area contributed by atoms with Crippen molar-refractivity contribution in [3.8, 4) is 5.75 Å². The molecule has 1 aromatic heterocycles. The number of hydrogen-bond acceptors (Lipinski definition) is 3. The fourth-order valence-corrected chi connectivity index (χ4v) is 2.14. The highest BCUT2D eigenvalue weighted by molar-refractivity contribution is 6.29. The van der Waals surface area contributed by atoms with E-state index in [9.17, 15) is 4.39 Å². The standard InChI is InChI=1S/C15H16ClFN2O/c1-9(11-4-5-12(17)14(8-11)20-3)18-13-6-7-15(16)19-10(13)2/h4-9,18H,1-3H3. The van der Waals surface area contributed by atoms with Crippen LogP contribution in [-0.2, 0) is 0 Å². The first-order valence-corrected chi connectivity index (χ1v) is 6.62. The predicted octanol–water partition coefficient (Wildman–Crippen LogP) is 4.36. The van der Waals surface area contributed by atoms with E-state index in [1.807, 2.05) is 19.9 Å². The van der Waals surface area contributed by atoms with Crippen molar-refractivity contribution >= 4 is 17.3 Å². The third-order valence-electron chi connectivity index (χ3n) is 3.10. The number of benzene rings is 1. The lowest BCUT2D eigenvalue weighted by Crippen LogP contribution is -2.08. The predicted molar refractivity (Wildman–Crippen MR) is 79.0 cm³/mol. The second-order valence-electron chi connectivity index (χ2n) is 4.53. The highest BCUT2D eigenvalue weighted by atomic mass is 35.5. The summed E-state index contributed by atoms with van der Waals surface area (Å²) in [5, 5.41) is 3.79. The summed E-state index contributed by atoms with van der Waals surface area (Å²) in [7, 11) is 1.45. The van der Waals surface area contributed by atoms with Gasteiger partial charge in [0.15, 0.2) is 11.6 Å². The van der Waals surface area contributed by atoms with Gasteiger partial charge in [0, 0.05) is 6.04 Å². The zero-order valence-corrected chi connectivity index (χ0v) is 12.3. The molecule has 0 bridgehead atoms. The first-order chi connectivity index (χ1) is 9.51. The van der Waals surface area contributed by atoms with Crippen LogP contribution in [0.15, 0.2) is 30.3 Å². The minimum absolute atomic E-state index is 0.00817. The molecule has 1 heterocycles. The lowest BCUT2D eigenvalue weighted by atomic mass is 10.1. The van der Waals surface area contributed by atoms with Crippen LogP contribution in [0.2, 0.25) is 5.15 Å². The van der Waals surface area contributed by atoms with Gasteiger partial charge >= 0.3 is 0 Å². The lowest BCUT2D eigenvalue weighted by molar-refractivity contribution is 0.385. The molecule has 3 nitrogen and oxygen atoms in total. The molecule has 5 heteroatoms. The summed E-state index contributed by atoms with van der Waals surface area (Å²) >= 11 is 5.83. The Hall–Kier alpha value is -1.81. The van der Waals surface area contributed by atoms with Crippen molar-refractivity contribution < 1.29 is 9.13 Å². The van der Waals surface area contributed by atoms with Crippen molar-refractivity contribution in [3.05, 3.63) is 52.6 Å². The van der Waals surface area contributed by atoms with E-state index < -0.39 is 0 Å². The zero-order chi connectivity index (χ0) is 14.7. The van der Waals surface area contributed by atoms with Crippen molar-refractivity contribution in [2.45, 2.75) is 19.9 Å². The van der Waals surface area contributed by atoms with Crippen LogP contribution in [0.5, 0.6) is 5.75 Å². The van der Waals surface area contributed by atoms with Gasteiger partial charge in [-0.2, -0.15) is 0 Å². The summed E-state index contributed by atoms with van der Waals surface area (Å²) in [5.41, 5.74) is 2.64. The van der Waals surface area contributed by atoms with Gasteiger partial charge in [0.2, 0.25) is 0 Å². The molecule has 0 saturated carbocycles. The van der Waals surface area contributed by atoms with Crippen LogP contribution in [0, 0.1) is 12.7 Å². The molecule has 106 valence electrons. The highest BCUT2D eigenvalue weighted by Crippen LogP contribution is 2.26. The summed E-state index contributed by atoms with van der Waals surface area (Å²) in [6.45, 7) is 3.87. The van der Waals surface area contributed by atoms with Gasteiger partial charge in [-0.05, 0) is 43.7 Å². The molecule has 1 N–H and O–H groups in total. The van der Waals surface area contributed by atoms with Gasteiger partial charge in [0.1, 0.15) is 5.15 Å². The van der Waals surface area contributed by atoms with E-state index in [4.69, 9.17) is 16.3 Å².